The van der Waals surface area contributed by atoms with Crippen molar-refractivity contribution in [3.8, 4) is 0 Å². The Morgan fingerprint density at radius 1 is 1.19 bits per heavy atom. The summed E-state index contributed by atoms with van der Waals surface area (Å²) in [5.41, 5.74) is -1.72. The molecule has 2 rings (SSSR count). The Bertz CT molecular complexity index is 852. The fourth-order valence-corrected chi connectivity index (χ4v) is 5.04. The summed E-state index contributed by atoms with van der Waals surface area (Å²) in [7, 11) is 3.94. The standard InChI is InChI=1S/C24H41N5O5S.ClH/c1-17(2)15-18(19(31)20-26-27-22(33-20)35-14-13-28(6)7)29(16-30)24(11-9-8-10-12-24)25-21(32)34-23(3,4)5;/h16-18H,8-15H2,1-7H3,(H,25,32);1H. The highest BCUT2D eigenvalue weighted by Gasteiger charge is 2.46. The molecule has 1 aliphatic carbocycles. The van der Waals surface area contributed by atoms with E-state index in [2.05, 4.69) is 15.5 Å². The van der Waals surface area contributed by atoms with Crippen LogP contribution < -0.4 is 5.32 Å². The monoisotopic (exact) mass is 547 g/mol. The van der Waals surface area contributed by atoms with Gasteiger partial charge in [-0.3, -0.25) is 14.9 Å². The van der Waals surface area contributed by atoms with Crippen molar-refractivity contribution in [3.63, 3.8) is 0 Å². The summed E-state index contributed by atoms with van der Waals surface area (Å²) in [6.45, 7) is 10.1. The Balaban J connectivity index is 0.00000648. The molecule has 1 fully saturated rings. The number of hydrogen-bond donors (Lipinski definition) is 1. The largest absolute Gasteiger partial charge is 0.444 e. The molecule has 1 N–H and O–H groups in total. The van der Waals surface area contributed by atoms with E-state index < -0.39 is 29.2 Å². The summed E-state index contributed by atoms with van der Waals surface area (Å²) in [4.78, 5) is 42.4. The number of carbonyl (C=O) groups is 3. The smallest absolute Gasteiger partial charge is 0.409 e. The van der Waals surface area contributed by atoms with Crippen LogP contribution in [0.1, 0.15) is 83.8 Å². The SMILES string of the molecule is CC(C)CC(C(=O)c1nnc(SCCN(C)C)o1)N(C=O)C1(NC(=O)OC(C)(C)C)CCCCC1.Cl. The Labute approximate surface area is 225 Å². The van der Waals surface area contributed by atoms with Crippen LogP contribution >= 0.6 is 24.2 Å². The Hall–Kier alpha value is -1.85. The molecule has 1 saturated carbocycles. The van der Waals surface area contributed by atoms with Crippen LogP contribution in [0.4, 0.5) is 4.79 Å². The van der Waals surface area contributed by atoms with Gasteiger partial charge in [-0.1, -0.05) is 32.0 Å². The topological polar surface area (TPSA) is 118 Å². The number of amides is 2. The van der Waals surface area contributed by atoms with Crippen molar-refractivity contribution < 1.29 is 23.5 Å². The molecule has 1 heterocycles. The van der Waals surface area contributed by atoms with Crippen molar-refractivity contribution in [2.24, 2.45) is 5.92 Å². The second-order valence-electron chi connectivity index (χ2n) is 10.8. The predicted molar refractivity (Wildman–Crippen MR) is 141 cm³/mol. The third-order valence-electron chi connectivity index (χ3n) is 5.74. The van der Waals surface area contributed by atoms with Gasteiger partial charge in [0.15, 0.2) is 0 Å². The molecule has 36 heavy (non-hydrogen) atoms. The van der Waals surface area contributed by atoms with E-state index in [4.69, 9.17) is 9.15 Å². The molecular formula is C24H42ClN5O5S. The first-order valence-electron chi connectivity index (χ1n) is 12.3. The van der Waals surface area contributed by atoms with Crippen LogP contribution in [0.5, 0.6) is 0 Å². The lowest BCUT2D eigenvalue weighted by Gasteiger charge is -2.47. The Kier molecular flexibility index (Phi) is 12.7. The van der Waals surface area contributed by atoms with E-state index in [1.165, 1.54) is 16.7 Å². The van der Waals surface area contributed by atoms with Gasteiger partial charge in [0.05, 0.1) is 0 Å². The third kappa shape index (κ3) is 9.55. The lowest BCUT2D eigenvalue weighted by molar-refractivity contribution is -0.130. The Morgan fingerprint density at radius 3 is 2.36 bits per heavy atom. The van der Waals surface area contributed by atoms with Crippen LogP contribution in [0.3, 0.4) is 0 Å². The maximum absolute atomic E-state index is 13.6. The van der Waals surface area contributed by atoms with Gasteiger partial charge in [0.1, 0.15) is 17.3 Å². The van der Waals surface area contributed by atoms with Gasteiger partial charge in [-0.2, -0.15) is 0 Å². The molecule has 1 aromatic heterocycles. The predicted octanol–water partition coefficient (Wildman–Crippen LogP) is 4.39. The molecule has 1 aliphatic rings. The molecule has 1 unspecified atom stereocenters. The molecule has 206 valence electrons. The number of ether oxygens (including phenoxy) is 1. The molecule has 0 radical (unpaired) electrons. The van der Waals surface area contributed by atoms with Crippen LogP contribution in [0, 0.1) is 5.92 Å². The van der Waals surface area contributed by atoms with E-state index >= 15 is 0 Å². The van der Waals surface area contributed by atoms with Gasteiger partial charge in [0.2, 0.25) is 12.2 Å². The number of halogens is 1. The molecule has 0 aromatic carbocycles. The molecule has 12 heteroatoms. The number of ketones is 1. The number of Topliss-reactive ketones (excluding diaryl/α,β-unsaturated/α-hetero) is 1. The molecule has 2 amide bonds. The number of nitrogens with one attached hydrogen (secondary N) is 1. The van der Waals surface area contributed by atoms with Crippen LogP contribution in [-0.2, 0) is 9.53 Å². The summed E-state index contributed by atoms with van der Waals surface area (Å²) in [6, 6.07) is -0.861. The van der Waals surface area contributed by atoms with Crippen LogP contribution in [0.15, 0.2) is 9.64 Å². The molecule has 0 aliphatic heterocycles. The molecule has 1 atom stereocenters. The lowest BCUT2D eigenvalue weighted by Crippen LogP contribution is -2.65. The molecular weight excluding hydrogens is 506 g/mol. The van der Waals surface area contributed by atoms with E-state index in [-0.39, 0.29) is 24.2 Å². The lowest BCUT2D eigenvalue weighted by atomic mass is 9.85. The summed E-state index contributed by atoms with van der Waals surface area (Å²) < 4.78 is 11.2. The zero-order valence-electron chi connectivity index (χ0n) is 22.5. The van der Waals surface area contributed by atoms with Crippen LogP contribution in [0.2, 0.25) is 0 Å². The van der Waals surface area contributed by atoms with Crippen molar-refractivity contribution in [3.05, 3.63) is 5.89 Å². The first kappa shape index (κ1) is 32.2. The minimum absolute atomic E-state index is 0. The van der Waals surface area contributed by atoms with Crippen LogP contribution in [-0.4, -0.2) is 82.0 Å². The second kappa shape index (κ2) is 14.2. The maximum atomic E-state index is 13.6. The van der Waals surface area contributed by atoms with Gasteiger partial charge in [-0.15, -0.1) is 22.6 Å². The van der Waals surface area contributed by atoms with Crippen molar-refractivity contribution in [1.82, 2.24) is 25.3 Å². The number of nitrogens with zero attached hydrogens (tertiary/aromatic N) is 4. The van der Waals surface area contributed by atoms with Crippen molar-refractivity contribution in [2.45, 2.75) is 95.7 Å². The van der Waals surface area contributed by atoms with Gasteiger partial charge in [0, 0.05) is 12.3 Å². The number of rotatable bonds is 12. The first-order valence-corrected chi connectivity index (χ1v) is 13.3. The first-order chi connectivity index (χ1) is 16.4. The van der Waals surface area contributed by atoms with Crippen molar-refractivity contribution in [2.75, 3.05) is 26.4 Å². The fraction of sp³-hybridized carbons (Fsp3) is 0.792. The number of hydrogen-bond acceptors (Lipinski definition) is 9. The average Bonchev–Trinajstić information content (AvgIpc) is 3.20. The second-order valence-corrected chi connectivity index (χ2v) is 11.8. The highest BCUT2D eigenvalue weighted by molar-refractivity contribution is 7.99. The van der Waals surface area contributed by atoms with E-state index in [0.717, 1.165) is 31.6 Å². The fourth-order valence-electron chi connectivity index (χ4n) is 4.17. The molecule has 1 aromatic rings. The number of thioether (sulfide) groups is 1. The summed E-state index contributed by atoms with van der Waals surface area (Å²) >= 11 is 1.38. The van der Waals surface area contributed by atoms with Gasteiger partial charge >= 0.3 is 6.09 Å². The van der Waals surface area contributed by atoms with Crippen LogP contribution in [0.25, 0.3) is 0 Å². The number of aromatic nitrogens is 2. The zero-order chi connectivity index (χ0) is 26.2. The van der Waals surface area contributed by atoms with Gasteiger partial charge in [-0.05, 0) is 72.9 Å². The maximum Gasteiger partial charge on any atom is 0.409 e. The van der Waals surface area contributed by atoms with Crippen molar-refractivity contribution in [1.29, 1.82) is 0 Å². The molecule has 0 saturated heterocycles. The van der Waals surface area contributed by atoms with Gasteiger partial charge in [0.25, 0.3) is 11.1 Å². The third-order valence-corrected chi connectivity index (χ3v) is 6.54. The summed E-state index contributed by atoms with van der Waals surface area (Å²) in [5.74, 6) is 0.291. The van der Waals surface area contributed by atoms with Gasteiger partial charge < -0.3 is 19.0 Å². The Morgan fingerprint density at radius 2 is 1.83 bits per heavy atom. The molecule has 0 bridgehead atoms. The molecule has 0 spiro atoms. The van der Waals surface area contributed by atoms with Crippen molar-refractivity contribution >= 4 is 42.5 Å². The normalized spacial score (nSPS) is 16.2. The van der Waals surface area contributed by atoms with E-state index in [1.807, 2.05) is 32.8 Å². The average molecular weight is 548 g/mol. The van der Waals surface area contributed by atoms with E-state index in [9.17, 15) is 14.4 Å². The minimum Gasteiger partial charge on any atom is -0.444 e. The van der Waals surface area contributed by atoms with E-state index in [1.54, 1.807) is 20.8 Å². The zero-order valence-corrected chi connectivity index (χ0v) is 24.2. The quantitative estimate of drug-likeness (QED) is 0.176. The van der Waals surface area contributed by atoms with Gasteiger partial charge in [-0.25, -0.2) is 4.79 Å². The summed E-state index contributed by atoms with van der Waals surface area (Å²) in [5, 5.41) is 11.3. The minimum atomic E-state index is -1.03. The highest BCUT2D eigenvalue weighted by atomic mass is 35.5. The number of carbonyl (C=O) groups excluding carboxylic acids is 3. The summed E-state index contributed by atoms with van der Waals surface area (Å²) in [6.07, 6.45) is 4.12. The van der Waals surface area contributed by atoms with E-state index in [0.29, 0.717) is 30.9 Å². The molecule has 10 nitrogen and oxygen atoms in total. The highest BCUT2D eigenvalue weighted by Crippen LogP contribution is 2.35. The number of alkyl carbamates (subject to hydrolysis) is 1.